The number of alkyl halides is 3. The van der Waals surface area contributed by atoms with Crippen molar-refractivity contribution >= 4 is 9.84 Å². The van der Waals surface area contributed by atoms with Crippen molar-refractivity contribution in [1.82, 2.24) is 0 Å². The summed E-state index contributed by atoms with van der Waals surface area (Å²) in [5, 5.41) is 9.16. The summed E-state index contributed by atoms with van der Waals surface area (Å²) >= 11 is 0. The van der Waals surface area contributed by atoms with Gasteiger partial charge in [0.2, 0.25) is 0 Å². The summed E-state index contributed by atoms with van der Waals surface area (Å²) in [6.45, 7) is -0.340. The molecule has 1 rings (SSSR count). The van der Waals surface area contributed by atoms with Gasteiger partial charge in [-0.1, -0.05) is 12.1 Å². The van der Waals surface area contributed by atoms with E-state index in [1.54, 1.807) is 0 Å². The maximum absolute atomic E-state index is 12.6. The van der Waals surface area contributed by atoms with Crippen molar-refractivity contribution in [3.05, 3.63) is 29.8 Å². The maximum atomic E-state index is 12.6. The van der Waals surface area contributed by atoms with Gasteiger partial charge < -0.3 is 10.8 Å². The minimum atomic E-state index is -4.77. The van der Waals surface area contributed by atoms with E-state index in [0.717, 1.165) is 12.1 Å². The Labute approximate surface area is 102 Å². The Hall–Kier alpha value is -1.12. The maximum Gasteiger partial charge on any atom is 0.417 e. The molecule has 4 nitrogen and oxygen atoms in total. The summed E-state index contributed by atoms with van der Waals surface area (Å²) in [7, 11) is -4.24. The van der Waals surface area contributed by atoms with Crippen molar-refractivity contribution < 1.29 is 26.7 Å². The lowest BCUT2D eigenvalue weighted by molar-refractivity contribution is -0.139. The van der Waals surface area contributed by atoms with E-state index in [9.17, 15) is 21.6 Å². The number of aliphatic hydroxyl groups is 1. The highest BCUT2D eigenvalue weighted by molar-refractivity contribution is 7.91. The molecule has 3 N–H and O–H groups in total. The largest absolute Gasteiger partial charge is 0.417 e. The summed E-state index contributed by atoms with van der Waals surface area (Å²) in [6, 6.07) is 3.83. The molecular weight excluding hydrogens is 271 g/mol. The van der Waals surface area contributed by atoms with Gasteiger partial charge in [-0.05, 0) is 12.1 Å². The van der Waals surface area contributed by atoms with Crippen LogP contribution in [0, 0.1) is 0 Å². The average molecular weight is 283 g/mol. The monoisotopic (exact) mass is 283 g/mol. The van der Waals surface area contributed by atoms with Gasteiger partial charge in [-0.25, -0.2) is 8.42 Å². The number of rotatable bonds is 4. The second kappa shape index (κ2) is 5.25. The van der Waals surface area contributed by atoms with E-state index in [0.29, 0.717) is 6.07 Å². The highest BCUT2D eigenvalue weighted by Crippen LogP contribution is 2.34. The first-order chi connectivity index (χ1) is 8.18. The summed E-state index contributed by atoms with van der Waals surface area (Å²) in [4.78, 5) is -0.843. The van der Waals surface area contributed by atoms with Crippen LogP contribution in [0.2, 0.25) is 0 Å². The van der Waals surface area contributed by atoms with E-state index in [4.69, 9.17) is 10.8 Å². The zero-order valence-electron chi connectivity index (χ0n) is 9.18. The number of hydrogen-bond acceptors (Lipinski definition) is 4. The number of hydrogen-bond donors (Lipinski definition) is 2. The predicted octanol–water partition coefficient (Wildman–Crippen LogP) is 0.799. The molecule has 102 valence electrons. The van der Waals surface area contributed by atoms with Gasteiger partial charge in [0.15, 0.2) is 9.84 Å². The molecular formula is C10H12F3NO3S. The molecule has 0 spiro atoms. The zero-order valence-corrected chi connectivity index (χ0v) is 10.0. The number of nitrogens with two attached hydrogens (primary N) is 1. The van der Waals surface area contributed by atoms with Gasteiger partial charge in [0, 0.05) is 6.54 Å². The van der Waals surface area contributed by atoms with E-state index in [1.165, 1.54) is 6.07 Å². The van der Waals surface area contributed by atoms with Gasteiger partial charge in [0.1, 0.15) is 0 Å². The SMILES string of the molecule is NCC(O)CS(=O)(=O)c1ccccc1C(F)(F)F. The van der Waals surface area contributed by atoms with E-state index in [2.05, 4.69) is 0 Å². The van der Waals surface area contributed by atoms with E-state index < -0.39 is 38.3 Å². The topological polar surface area (TPSA) is 80.4 Å². The average Bonchev–Trinajstić information content (AvgIpc) is 2.27. The normalized spacial score (nSPS) is 14.5. The fourth-order valence-corrected chi connectivity index (χ4v) is 3.01. The van der Waals surface area contributed by atoms with E-state index >= 15 is 0 Å². The zero-order chi connectivity index (χ0) is 14.0. The minimum absolute atomic E-state index is 0.340. The van der Waals surface area contributed by atoms with Crippen LogP contribution in [0.4, 0.5) is 13.2 Å². The summed E-state index contributed by atoms with van der Waals surface area (Å²) < 4.78 is 61.4. The fraction of sp³-hybridized carbons (Fsp3) is 0.400. The first-order valence-electron chi connectivity index (χ1n) is 4.95. The van der Waals surface area contributed by atoms with Gasteiger partial charge in [-0.3, -0.25) is 0 Å². The Bertz CT molecular complexity index is 513. The lowest BCUT2D eigenvalue weighted by Gasteiger charge is -2.14. The molecule has 0 aliphatic rings. The molecule has 0 saturated heterocycles. The smallest absolute Gasteiger partial charge is 0.391 e. The molecule has 0 amide bonds. The molecule has 0 aliphatic carbocycles. The predicted molar refractivity (Wildman–Crippen MR) is 58.6 cm³/mol. The first-order valence-corrected chi connectivity index (χ1v) is 6.61. The third-order valence-corrected chi connectivity index (χ3v) is 4.06. The van der Waals surface area contributed by atoms with E-state index in [-0.39, 0.29) is 6.54 Å². The molecule has 8 heteroatoms. The second-order valence-electron chi connectivity index (χ2n) is 3.66. The van der Waals surface area contributed by atoms with Gasteiger partial charge in [0.25, 0.3) is 0 Å². The molecule has 1 atom stereocenters. The van der Waals surface area contributed by atoms with Crippen LogP contribution in [0.15, 0.2) is 29.2 Å². The van der Waals surface area contributed by atoms with Gasteiger partial charge >= 0.3 is 6.18 Å². The van der Waals surface area contributed by atoms with Crippen LogP contribution in [0.25, 0.3) is 0 Å². The first kappa shape index (κ1) is 14.9. The van der Waals surface area contributed by atoms with Crippen LogP contribution in [-0.2, 0) is 16.0 Å². The van der Waals surface area contributed by atoms with Crippen molar-refractivity contribution in [3.63, 3.8) is 0 Å². The molecule has 0 aromatic heterocycles. The highest BCUT2D eigenvalue weighted by Gasteiger charge is 2.37. The lowest BCUT2D eigenvalue weighted by Crippen LogP contribution is -2.29. The van der Waals surface area contributed by atoms with Gasteiger partial charge in [-0.2, -0.15) is 13.2 Å². The van der Waals surface area contributed by atoms with Gasteiger partial charge in [-0.15, -0.1) is 0 Å². The Morgan fingerprint density at radius 2 is 1.83 bits per heavy atom. The second-order valence-corrected chi connectivity index (χ2v) is 5.67. The molecule has 0 radical (unpaired) electrons. The highest BCUT2D eigenvalue weighted by atomic mass is 32.2. The number of benzene rings is 1. The fourth-order valence-electron chi connectivity index (χ4n) is 1.38. The third-order valence-electron chi connectivity index (χ3n) is 2.21. The minimum Gasteiger partial charge on any atom is -0.391 e. The number of halogens is 3. The summed E-state index contributed by atoms with van der Waals surface area (Å²) in [6.07, 6.45) is -6.16. The lowest BCUT2D eigenvalue weighted by atomic mass is 10.2. The van der Waals surface area contributed by atoms with Crippen LogP contribution < -0.4 is 5.73 Å². The Morgan fingerprint density at radius 1 is 1.28 bits per heavy atom. The third kappa shape index (κ3) is 3.44. The van der Waals surface area contributed by atoms with Crippen molar-refractivity contribution in [2.75, 3.05) is 12.3 Å². The van der Waals surface area contributed by atoms with E-state index in [1.807, 2.05) is 0 Å². The Kier molecular flexibility index (Phi) is 4.36. The van der Waals surface area contributed by atoms with Gasteiger partial charge in [0.05, 0.1) is 22.3 Å². The molecule has 0 aliphatic heterocycles. The van der Waals surface area contributed by atoms with Crippen molar-refractivity contribution in [3.8, 4) is 0 Å². The molecule has 0 saturated carbocycles. The van der Waals surface area contributed by atoms with Crippen molar-refractivity contribution in [2.24, 2.45) is 5.73 Å². The quantitative estimate of drug-likeness (QED) is 0.856. The van der Waals surface area contributed by atoms with Crippen LogP contribution in [0.1, 0.15) is 5.56 Å². The molecule has 0 heterocycles. The van der Waals surface area contributed by atoms with Crippen molar-refractivity contribution in [1.29, 1.82) is 0 Å². The Balaban J connectivity index is 3.25. The molecule has 1 aromatic rings. The molecule has 1 aromatic carbocycles. The Morgan fingerprint density at radius 3 is 2.33 bits per heavy atom. The van der Waals surface area contributed by atoms with Crippen LogP contribution in [0.5, 0.6) is 0 Å². The molecule has 0 fully saturated rings. The van der Waals surface area contributed by atoms with Crippen LogP contribution in [-0.4, -0.2) is 31.9 Å². The number of sulfone groups is 1. The summed E-state index contributed by atoms with van der Waals surface area (Å²) in [5.74, 6) is -0.837. The molecule has 0 bridgehead atoms. The standard InChI is InChI=1S/C10H12F3NO3S/c11-10(12,13)8-3-1-2-4-9(8)18(16,17)6-7(15)5-14/h1-4,7,15H,5-6,14H2. The van der Waals surface area contributed by atoms with Crippen LogP contribution >= 0.6 is 0 Å². The molecule has 1 unspecified atom stereocenters. The summed E-state index contributed by atoms with van der Waals surface area (Å²) in [5.41, 5.74) is 3.80. The number of aliphatic hydroxyl groups excluding tert-OH is 1. The van der Waals surface area contributed by atoms with Crippen molar-refractivity contribution in [2.45, 2.75) is 17.2 Å². The molecule has 18 heavy (non-hydrogen) atoms. The van der Waals surface area contributed by atoms with Crippen LogP contribution in [0.3, 0.4) is 0 Å².